The van der Waals surface area contributed by atoms with Crippen molar-refractivity contribution in [1.82, 2.24) is 0 Å². The molecule has 0 unspecified atom stereocenters. The van der Waals surface area contributed by atoms with Gasteiger partial charge in [0.1, 0.15) is 0 Å². The van der Waals surface area contributed by atoms with E-state index in [0.717, 1.165) is 6.42 Å². The molecule has 0 rings (SSSR count). The Kier molecular flexibility index (Phi) is 16.0. The summed E-state index contributed by atoms with van der Waals surface area (Å²) in [4.78, 5) is 0. The largest absolute Gasteiger partial charge is 0.387 e. The first-order valence-electron chi connectivity index (χ1n) is 8.78. The molecule has 0 saturated carbocycles. The van der Waals surface area contributed by atoms with Crippen molar-refractivity contribution in [2.75, 3.05) is 0 Å². The van der Waals surface area contributed by atoms with E-state index in [9.17, 15) is 0 Å². The maximum atomic E-state index is 9.06. The number of hydrogen-bond acceptors (Lipinski definition) is 1. The van der Waals surface area contributed by atoms with Crippen molar-refractivity contribution >= 4 is 0 Å². The first kappa shape index (κ1) is 19.0. The molecule has 0 aromatic carbocycles. The molecular weight excluding hydrogens is 232 g/mol. The van der Waals surface area contributed by atoms with Crippen LogP contribution in [0.5, 0.6) is 0 Å². The van der Waals surface area contributed by atoms with Crippen LogP contribution in [0.2, 0.25) is 0 Å². The Bertz CT molecular complexity index is 154. The van der Waals surface area contributed by atoms with Crippen molar-refractivity contribution in [3.05, 3.63) is 6.10 Å². The number of hydrogen-bond donors (Lipinski definition) is 1. The van der Waals surface area contributed by atoms with E-state index in [1.54, 1.807) is 0 Å². The highest BCUT2D eigenvalue weighted by atomic mass is 16.3. The first-order valence-corrected chi connectivity index (χ1v) is 8.78. The van der Waals surface area contributed by atoms with Crippen molar-refractivity contribution in [3.8, 4) is 0 Å². The second-order valence-corrected chi connectivity index (χ2v) is 6.08. The van der Waals surface area contributed by atoms with Crippen LogP contribution in [0.3, 0.4) is 0 Å². The Hall–Kier alpha value is -0.0400. The van der Waals surface area contributed by atoms with Gasteiger partial charge in [0.2, 0.25) is 0 Å². The van der Waals surface area contributed by atoms with Crippen molar-refractivity contribution in [1.29, 1.82) is 0 Å². The average molecular weight is 269 g/mol. The van der Waals surface area contributed by atoms with E-state index in [1.165, 1.54) is 89.9 Å². The van der Waals surface area contributed by atoms with Gasteiger partial charge in [-0.3, -0.25) is 0 Å². The Morgan fingerprint density at radius 1 is 0.579 bits per heavy atom. The summed E-state index contributed by atoms with van der Waals surface area (Å²) in [7, 11) is 0. The number of unbranched alkanes of at least 4 members (excludes halogenated alkanes) is 13. The SMILES string of the molecule is CCCCCCCCCCCCCCCC[C](C)O. The van der Waals surface area contributed by atoms with Gasteiger partial charge in [0.25, 0.3) is 0 Å². The van der Waals surface area contributed by atoms with Crippen LogP contribution in [0.25, 0.3) is 0 Å². The van der Waals surface area contributed by atoms with Crippen molar-refractivity contribution < 1.29 is 5.11 Å². The topological polar surface area (TPSA) is 20.2 Å². The highest BCUT2D eigenvalue weighted by Gasteiger charge is 1.97. The Balaban J connectivity index is 2.91. The normalized spacial score (nSPS) is 11.4. The lowest BCUT2D eigenvalue weighted by atomic mass is 10.0. The average Bonchev–Trinajstić information content (AvgIpc) is 2.39. The fourth-order valence-electron chi connectivity index (χ4n) is 2.58. The second-order valence-electron chi connectivity index (χ2n) is 6.08. The summed E-state index contributed by atoms with van der Waals surface area (Å²) in [6.45, 7) is 4.09. The van der Waals surface area contributed by atoms with Gasteiger partial charge < -0.3 is 5.11 Å². The van der Waals surface area contributed by atoms with Crippen LogP contribution < -0.4 is 0 Å². The van der Waals surface area contributed by atoms with E-state index in [4.69, 9.17) is 5.11 Å². The van der Waals surface area contributed by atoms with Gasteiger partial charge in [-0.05, 0) is 13.3 Å². The highest BCUT2D eigenvalue weighted by molar-refractivity contribution is 4.66. The standard InChI is InChI=1S/C18H37O/c1-3-4-5-6-7-8-9-10-11-12-13-14-15-16-17-18(2)19/h19H,3-17H2,1-2H3. The third kappa shape index (κ3) is 18.0. The smallest absolute Gasteiger partial charge is 0.0902 e. The van der Waals surface area contributed by atoms with Gasteiger partial charge in [0.15, 0.2) is 0 Å². The Morgan fingerprint density at radius 3 is 1.21 bits per heavy atom. The molecule has 1 N–H and O–H groups in total. The highest BCUT2D eigenvalue weighted by Crippen LogP contribution is 2.14. The summed E-state index contributed by atoms with van der Waals surface area (Å²) in [5.41, 5.74) is 0. The summed E-state index contributed by atoms with van der Waals surface area (Å²) in [6.07, 6.45) is 21.0. The van der Waals surface area contributed by atoms with E-state index in [0.29, 0.717) is 6.10 Å². The van der Waals surface area contributed by atoms with Gasteiger partial charge in [-0.25, -0.2) is 0 Å². The van der Waals surface area contributed by atoms with Gasteiger partial charge >= 0.3 is 0 Å². The van der Waals surface area contributed by atoms with E-state index >= 15 is 0 Å². The molecule has 19 heavy (non-hydrogen) atoms. The first-order chi connectivity index (χ1) is 9.27. The molecule has 0 spiro atoms. The van der Waals surface area contributed by atoms with Crippen LogP contribution in [0.15, 0.2) is 0 Å². The number of rotatable bonds is 15. The number of aliphatic hydroxyl groups excluding tert-OH is 1. The van der Waals surface area contributed by atoms with Gasteiger partial charge in [-0.1, -0.05) is 96.8 Å². The van der Waals surface area contributed by atoms with Crippen molar-refractivity contribution in [2.24, 2.45) is 0 Å². The molecule has 1 heteroatoms. The van der Waals surface area contributed by atoms with E-state index < -0.39 is 0 Å². The van der Waals surface area contributed by atoms with E-state index in [1.807, 2.05) is 6.92 Å². The van der Waals surface area contributed by atoms with Gasteiger partial charge in [-0.2, -0.15) is 0 Å². The lowest BCUT2D eigenvalue weighted by molar-refractivity contribution is 0.290. The van der Waals surface area contributed by atoms with Gasteiger partial charge in [0.05, 0.1) is 6.10 Å². The summed E-state index contributed by atoms with van der Waals surface area (Å²) < 4.78 is 0. The molecule has 0 aromatic rings. The third-order valence-electron chi connectivity index (χ3n) is 3.89. The molecule has 0 aliphatic rings. The van der Waals surface area contributed by atoms with Crippen molar-refractivity contribution in [2.45, 2.75) is 110 Å². The van der Waals surface area contributed by atoms with Crippen LogP contribution in [-0.4, -0.2) is 5.11 Å². The molecule has 0 aliphatic carbocycles. The molecule has 0 aromatic heterocycles. The molecule has 1 radical (unpaired) electrons. The minimum absolute atomic E-state index is 0.596. The zero-order valence-corrected chi connectivity index (χ0v) is 13.6. The fourth-order valence-corrected chi connectivity index (χ4v) is 2.58. The lowest BCUT2D eigenvalue weighted by Gasteiger charge is -2.04. The molecule has 0 bridgehead atoms. The Labute approximate surface area is 122 Å². The second kappa shape index (κ2) is 16.0. The van der Waals surface area contributed by atoms with Crippen LogP contribution in [-0.2, 0) is 0 Å². The van der Waals surface area contributed by atoms with Crippen LogP contribution >= 0.6 is 0 Å². The molecule has 1 nitrogen and oxygen atoms in total. The summed E-state index contributed by atoms with van der Waals surface area (Å²) >= 11 is 0. The fraction of sp³-hybridized carbons (Fsp3) is 0.944. The summed E-state index contributed by atoms with van der Waals surface area (Å²) in [6, 6.07) is 0. The van der Waals surface area contributed by atoms with Crippen LogP contribution in [0, 0.1) is 6.10 Å². The van der Waals surface area contributed by atoms with Crippen molar-refractivity contribution in [3.63, 3.8) is 0 Å². The maximum Gasteiger partial charge on any atom is 0.0902 e. The predicted octanol–water partition coefficient (Wildman–Crippen LogP) is 6.78. The molecule has 0 aliphatic heterocycles. The molecule has 0 amide bonds. The molecule has 0 atom stereocenters. The van der Waals surface area contributed by atoms with Gasteiger partial charge in [0, 0.05) is 0 Å². The van der Waals surface area contributed by atoms with Gasteiger partial charge in [-0.15, -0.1) is 0 Å². The zero-order chi connectivity index (χ0) is 14.2. The van der Waals surface area contributed by atoms with E-state index in [2.05, 4.69) is 6.92 Å². The van der Waals surface area contributed by atoms with Crippen LogP contribution in [0.4, 0.5) is 0 Å². The molecular formula is C18H37O. The molecule has 115 valence electrons. The third-order valence-corrected chi connectivity index (χ3v) is 3.89. The lowest BCUT2D eigenvalue weighted by Crippen LogP contribution is -1.88. The summed E-state index contributed by atoms with van der Waals surface area (Å²) in [5, 5.41) is 9.06. The monoisotopic (exact) mass is 269 g/mol. The quantitative estimate of drug-likeness (QED) is 0.325. The summed E-state index contributed by atoms with van der Waals surface area (Å²) in [5.74, 6) is 0. The minimum Gasteiger partial charge on any atom is -0.387 e. The molecule has 0 heterocycles. The number of aliphatic hydroxyl groups is 1. The minimum atomic E-state index is 0.596. The molecule has 0 fully saturated rings. The molecule has 0 saturated heterocycles. The predicted molar refractivity (Wildman–Crippen MR) is 85.8 cm³/mol. The van der Waals surface area contributed by atoms with Crippen LogP contribution in [0.1, 0.15) is 110 Å². The van der Waals surface area contributed by atoms with E-state index in [-0.39, 0.29) is 0 Å². The maximum absolute atomic E-state index is 9.06. The Morgan fingerprint density at radius 2 is 0.895 bits per heavy atom. The zero-order valence-electron chi connectivity index (χ0n) is 13.6.